The van der Waals surface area contributed by atoms with E-state index in [9.17, 15) is 18.3 Å². The normalized spacial score (nSPS) is 14.2. The molecule has 1 unspecified atom stereocenters. The summed E-state index contributed by atoms with van der Waals surface area (Å²) in [5.41, 5.74) is 0. The van der Waals surface area contributed by atoms with E-state index in [0.717, 1.165) is 8.66 Å². The molecule has 0 saturated carbocycles. The van der Waals surface area contributed by atoms with Gasteiger partial charge in [0.15, 0.2) is 0 Å². The Bertz CT molecular complexity index is 311. The van der Waals surface area contributed by atoms with Crippen LogP contribution in [0.3, 0.4) is 0 Å². The Kier molecular flexibility index (Phi) is 4.61. The van der Waals surface area contributed by atoms with Gasteiger partial charge in [-0.25, -0.2) is 0 Å². The van der Waals surface area contributed by atoms with Crippen molar-refractivity contribution < 1.29 is 18.3 Å². The molecule has 1 heterocycles. The summed E-state index contributed by atoms with van der Waals surface area (Å²) >= 11 is 4.67. The smallest absolute Gasteiger partial charge is 0.389 e. The van der Waals surface area contributed by atoms with E-state index in [-0.39, 0.29) is 12.8 Å². The van der Waals surface area contributed by atoms with Crippen molar-refractivity contribution in [3.8, 4) is 0 Å². The third-order valence-electron chi connectivity index (χ3n) is 1.83. The fourth-order valence-corrected chi connectivity index (χ4v) is 2.68. The van der Waals surface area contributed by atoms with Gasteiger partial charge in [0.1, 0.15) is 0 Å². The molecule has 0 saturated heterocycles. The van der Waals surface area contributed by atoms with Crippen LogP contribution in [0.1, 0.15) is 17.7 Å². The number of aliphatic hydroxyl groups is 1. The van der Waals surface area contributed by atoms with Crippen LogP contribution in [0.2, 0.25) is 0 Å². The molecule has 1 aromatic rings. The fourth-order valence-electron chi connectivity index (χ4n) is 1.13. The Morgan fingerprint density at radius 2 is 2.07 bits per heavy atom. The molecule has 1 nitrogen and oxygen atoms in total. The van der Waals surface area contributed by atoms with Gasteiger partial charge in [-0.1, -0.05) is 0 Å². The molecule has 0 radical (unpaired) electrons. The van der Waals surface area contributed by atoms with Crippen LogP contribution in [0, 0.1) is 0 Å². The number of rotatable bonds is 4. The minimum absolute atomic E-state index is 0.237. The number of hydrogen-bond acceptors (Lipinski definition) is 2. The lowest BCUT2D eigenvalue weighted by Gasteiger charge is -2.10. The molecule has 0 amide bonds. The van der Waals surface area contributed by atoms with Crippen LogP contribution in [0.15, 0.2) is 15.9 Å². The second kappa shape index (κ2) is 5.32. The summed E-state index contributed by atoms with van der Waals surface area (Å²) in [6, 6.07) is 3.61. The first kappa shape index (κ1) is 13.0. The second-order valence-corrected chi connectivity index (χ2v) is 5.77. The van der Waals surface area contributed by atoms with Crippen molar-refractivity contribution >= 4 is 27.3 Å². The number of halogens is 4. The monoisotopic (exact) mass is 302 g/mol. The van der Waals surface area contributed by atoms with Gasteiger partial charge in [-0.2, -0.15) is 13.2 Å². The molecule has 15 heavy (non-hydrogen) atoms. The van der Waals surface area contributed by atoms with Crippen molar-refractivity contribution in [2.75, 3.05) is 0 Å². The van der Waals surface area contributed by atoms with E-state index in [0.29, 0.717) is 0 Å². The first-order chi connectivity index (χ1) is 6.87. The molecule has 0 spiro atoms. The summed E-state index contributed by atoms with van der Waals surface area (Å²) in [4.78, 5) is 0.886. The Hall–Kier alpha value is -0.0700. The molecule has 0 fully saturated rings. The van der Waals surface area contributed by atoms with Crippen molar-refractivity contribution in [3.05, 3.63) is 20.8 Å². The van der Waals surface area contributed by atoms with E-state index < -0.39 is 18.7 Å². The van der Waals surface area contributed by atoms with Crippen LogP contribution in [0.25, 0.3) is 0 Å². The molecule has 0 aromatic carbocycles. The van der Waals surface area contributed by atoms with E-state index in [4.69, 9.17) is 0 Å². The maximum Gasteiger partial charge on any atom is 0.389 e. The summed E-state index contributed by atoms with van der Waals surface area (Å²) in [5, 5.41) is 9.37. The summed E-state index contributed by atoms with van der Waals surface area (Å²) in [6.45, 7) is 0. The van der Waals surface area contributed by atoms with Crippen LogP contribution in [-0.4, -0.2) is 17.4 Å². The van der Waals surface area contributed by atoms with Gasteiger partial charge in [-0.3, -0.25) is 0 Å². The Morgan fingerprint density at radius 3 is 2.53 bits per heavy atom. The van der Waals surface area contributed by atoms with Crippen LogP contribution >= 0.6 is 27.3 Å². The van der Waals surface area contributed by atoms with E-state index in [1.165, 1.54) is 11.3 Å². The Morgan fingerprint density at radius 1 is 1.40 bits per heavy atom. The van der Waals surface area contributed by atoms with Gasteiger partial charge in [0.05, 0.1) is 9.89 Å². The summed E-state index contributed by atoms with van der Waals surface area (Å²) in [6.07, 6.45) is -5.99. The van der Waals surface area contributed by atoms with E-state index in [1.807, 2.05) is 6.07 Å². The summed E-state index contributed by atoms with van der Waals surface area (Å²) < 4.78 is 36.4. The summed E-state index contributed by atoms with van der Waals surface area (Å²) in [5.74, 6) is 0. The van der Waals surface area contributed by atoms with Crippen molar-refractivity contribution in [2.24, 2.45) is 0 Å². The molecular weight excluding hydrogens is 293 g/mol. The molecule has 0 aliphatic heterocycles. The van der Waals surface area contributed by atoms with Gasteiger partial charge in [0.25, 0.3) is 0 Å². The quantitative estimate of drug-likeness (QED) is 0.898. The highest BCUT2D eigenvalue weighted by atomic mass is 79.9. The number of hydrogen-bond donors (Lipinski definition) is 1. The average molecular weight is 303 g/mol. The maximum absolute atomic E-state index is 11.8. The number of aliphatic hydroxyl groups excluding tert-OH is 1. The van der Waals surface area contributed by atoms with Crippen molar-refractivity contribution in [1.29, 1.82) is 0 Å². The van der Waals surface area contributed by atoms with Gasteiger partial charge in [0.2, 0.25) is 0 Å². The van der Waals surface area contributed by atoms with Gasteiger partial charge >= 0.3 is 6.18 Å². The standard InChI is InChI=1S/C9H10BrF3OS/c10-8-2-1-7(15-8)5-6(14)3-4-9(11,12)13/h1-2,6,14H,3-5H2. The predicted octanol–water partition coefficient (Wildman–Crippen LogP) is 3.76. The van der Waals surface area contributed by atoms with Gasteiger partial charge < -0.3 is 5.11 Å². The first-order valence-corrected chi connectivity index (χ1v) is 5.97. The highest BCUT2D eigenvalue weighted by molar-refractivity contribution is 9.11. The predicted molar refractivity (Wildman–Crippen MR) is 57.0 cm³/mol. The van der Waals surface area contributed by atoms with Gasteiger partial charge in [0, 0.05) is 17.7 Å². The van der Waals surface area contributed by atoms with E-state index >= 15 is 0 Å². The van der Waals surface area contributed by atoms with Crippen LogP contribution in [0.5, 0.6) is 0 Å². The Labute approximate surface area is 98.1 Å². The number of thiophene rings is 1. The average Bonchev–Trinajstić information content (AvgIpc) is 2.47. The maximum atomic E-state index is 11.8. The minimum atomic E-state index is -4.18. The molecule has 1 aromatic heterocycles. The Balaban J connectivity index is 2.33. The lowest BCUT2D eigenvalue weighted by atomic mass is 10.1. The zero-order valence-corrected chi connectivity index (χ0v) is 10.1. The van der Waals surface area contributed by atoms with Crippen LogP contribution in [0.4, 0.5) is 13.2 Å². The highest BCUT2D eigenvalue weighted by Crippen LogP contribution is 2.26. The highest BCUT2D eigenvalue weighted by Gasteiger charge is 2.27. The molecule has 86 valence electrons. The van der Waals surface area contributed by atoms with Gasteiger partial charge in [-0.05, 0) is 34.5 Å². The van der Waals surface area contributed by atoms with Crippen LogP contribution < -0.4 is 0 Å². The van der Waals surface area contributed by atoms with E-state index in [2.05, 4.69) is 15.9 Å². The largest absolute Gasteiger partial charge is 0.393 e. The molecule has 1 N–H and O–H groups in total. The van der Waals surface area contributed by atoms with Crippen LogP contribution in [-0.2, 0) is 6.42 Å². The van der Waals surface area contributed by atoms with E-state index in [1.54, 1.807) is 6.07 Å². The molecular formula is C9H10BrF3OS. The zero-order chi connectivity index (χ0) is 11.5. The third kappa shape index (κ3) is 5.53. The van der Waals surface area contributed by atoms with Crippen molar-refractivity contribution in [2.45, 2.75) is 31.5 Å². The molecule has 0 aliphatic rings. The first-order valence-electron chi connectivity index (χ1n) is 4.36. The number of alkyl halides is 3. The molecule has 0 aliphatic carbocycles. The second-order valence-electron chi connectivity index (χ2n) is 3.22. The minimum Gasteiger partial charge on any atom is -0.393 e. The fraction of sp³-hybridized carbons (Fsp3) is 0.556. The SMILES string of the molecule is OC(CCC(F)(F)F)Cc1ccc(Br)s1. The molecule has 0 bridgehead atoms. The summed E-state index contributed by atoms with van der Waals surface area (Å²) in [7, 11) is 0. The lowest BCUT2D eigenvalue weighted by molar-refractivity contribution is -0.139. The molecule has 1 atom stereocenters. The third-order valence-corrected chi connectivity index (χ3v) is 3.47. The van der Waals surface area contributed by atoms with Crippen molar-refractivity contribution in [3.63, 3.8) is 0 Å². The molecule has 6 heteroatoms. The van der Waals surface area contributed by atoms with Gasteiger partial charge in [-0.15, -0.1) is 11.3 Å². The zero-order valence-electron chi connectivity index (χ0n) is 7.72. The van der Waals surface area contributed by atoms with Crippen molar-refractivity contribution in [1.82, 2.24) is 0 Å². The molecule has 1 rings (SSSR count). The topological polar surface area (TPSA) is 20.2 Å². The lowest BCUT2D eigenvalue weighted by Crippen LogP contribution is -2.15.